The zero-order chi connectivity index (χ0) is 18.6. The average Bonchev–Trinajstić information content (AvgIpc) is 3.48. The van der Waals surface area contributed by atoms with E-state index >= 15 is 0 Å². The first-order valence-electron chi connectivity index (χ1n) is 10.1. The SMILES string of the molecule is CCCSc1nc(N2CCCCC2)c2cnn(CCNC(=O)C3CC3)c2n1. The third-order valence-corrected chi connectivity index (χ3v) is 6.17. The number of rotatable bonds is 8. The normalized spacial score (nSPS) is 17.4. The van der Waals surface area contributed by atoms with Crippen LogP contribution in [0.2, 0.25) is 0 Å². The molecule has 1 saturated carbocycles. The molecule has 1 aliphatic carbocycles. The van der Waals surface area contributed by atoms with E-state index in [1.54, 1.807) is 11.8 Å². The van der Waals surface area contributed by atoms with Gasteiger partial charge in [0.05, 0.1) is 18.1 Å². The van der Waals surface area contributed by atoms with Crippen LogP contribution in [0.1, 0.15) is 45.4 Å². The number of anilines is 1. The van der Waals surface area contributed by atoms with Gasteiger partial charge in [-0.25, -0.2) is 14.6 Å². The molecule has 8 heteroatoms. The van der Waals surface area contributed by atoms with Gasteiger partial charge in [-0.05, 0) is 38.5 Å². The van der Waals surface area contributed by atoms with E-state index in [4.69, 9.17) is 9.97 Å². The second-order valence-corrected chi connectivity index (χ2v) is 8.46. The molecule has 1 N–H and O–H groups in total. The number of nitrogens with zero attached hydrogens (tertiary/aromatic N) is 5. The zero-order valence-electron chi connectivity index (χ0n) is 16.0. The number of amides is 1. The van der Waals surface area contributed by atoms with Gasteiger partial charge in [-0.15, -0.1) is 0 Å². The van der Waals surface area contributed by atoms with Crippen molar-refractivity contribution in [3.05, 3.63) is 6.20 Å². The number of nitrogens with one attached hydrogen (secondary N) is 1. The number of carbonyl (C=O) groups excluding carboxylic acids is 1. The van der Waals surface area contributed by atoms with Crippen LogP contribution in [0.15, 0.2) is 11.4 Å². The molecule has 7 nitrogen and oxygen atoms in total. The number of piperidine rings is 1. The zero-order valence-corrected chi connectivity index (χ0v) is 16.8. The number of thioether (sulfide) groups is 1. The van der Waals surface area contributed by atoms with Crippen molar-refractivity contribution >= 4 is 34.5 Å². The van der Waals surface area contributed by atoms with E-state index in [1.807, 2.05) is 10.9 Å². The van der Waals surface area contributed by atoms with Crippen LogP contribution in [0, 0.1) is 5.92 Å². The molecule has 0 radical (unpaired) electrons. The molecule has 0 unspecified atom stereocenters. The minimum Gasteiger partial charge on any atom is -0.356 e. The summed E-state index contributed by atoms with van der Waals surface area (Å²) < 4.78 is 1.91. The molecule has 1 saturated heterocycles. The molecule has 0 bridgehead atoms. The summed E-state index contributed by atoms with van der Waals surface area (Å²) in [5.41, 5.74) is 0.879. The van der Waals surface area contributed by atoms with Crippen molar-refractivity contribution in [2.24, 2.45) is 5.92 Å². The van der Waals surface area contributed by atoms with Gasteiger partial charge >= 0.3 is 0 Å². The molecular formula is C19H28N6OS. The summed E-state index contributed by atoms with van der Waals surface area (Å²) in [6, 6.07) is 0. The van der Waals surface area contributed by atoms with E-state index in [2.05, 4.69) is 22.2 Å². The minimum absolute atomic E-state index is 0.175. The first-order chi connectivity index (χ1) is 13.3. The molecule has 2 fully saturated rings. The Hall–Kier alpha value is -1.83. The quantitative estimate of drug-likeness (QED) is 0.554. The maximum atomic E-state index is 11.9. The summed E-state index contributed by atoms with van der Waals surface area (Å²) >= 11 is 1.71. The van der Waals surface area contributed by atoms with Crippen LogP contribution in [0.4, 0.5) is 5.82 Å². The lowest BCUT2D eigenvalue weighted by Crippen LogP contribution is -2.30. The Balaban J connectivity index is 1.57. The average molecular weight is 389 g/mol. The van der Waals surface area contributed by atoms with Crippen molar-refractivity contribution in [2.45, 2.75) is 57.1 Å². The van der Waals surface area contributed by atoms with Crippen molar-refractivity contribution in [3.63, 3.8) is 0 Å². The van der Waals surface area contributed by atoms with Gasteiger partial charge in [-0.2, -0.15) is 5.10 Å². The molecular weight excluding hydrogens is 360 g/mol. The molecule has 2 aromatic rings. The Morgan fingerprint density at radius 1 is 1.26 bits per heavy atom. The second kappa shape index (κ2) is 8.46. The van der Waals surface area contributed by atoms with Crippen molar-refractivity contribution in [3.8, 4) is 0 Å². The van der Waals surface area contributed by atoms with E-state index in [9.17, 15) is 4.79 Å². The van der Waals surface area contributed by atoms with Crippen LogP contribution in [0.25, 0.3) is 11.0 Å². The Labute approximate surface area is 164 Å². The topological polar surface area (TPSA) is 75.9 Å². The van der Waals surface area contributed by atoms with Gasteiger partial charge in [-0.3, -0.25) is 4.79 Å². The van der Waals surface area contributed by atoms with Crippen LogP contribution >= 0.6 is 11.8 Å². The third-order valence-electron chi connectivity index (χ3n) is 5.12. The van der Waals surface area contributed by atoms with Gasteiger partial charge in [0.1, 0.15) is 5.82 Å². The Bertz CT molecular complexity index is 797. The lowest BCUT2D eigenvalue weighted by Gasteiger charge is -2.28. The molecule has 1 amide bonds. The fourth-order valence-corrected chi connectivity index (χ4v) is 4.15. The minimum atomic E-state index is 0.175. The highest BCUT2D eigenvalue weighted by atomic mass is 32.2. The Morgan fingerprint density at radius 2 is 2.07 bits per heavy atom. The van der Waals surface area contributed by atoms with Crippen molar-refractivity contribution in [1.29, 1.82) is 0 Å². The summed E-state index contributed by atoms with van der Waals surface area (Å²) in [5, 5.41) is 9.42. The van der Waals surface area contributed by atoms with Crippen molar-refractivity contribution < 1.29 is 4.79 Å². The second-order valence-electron chi connectivity index (χ2n) is 7.40. The highest BCUT2D eigenvalue weighted by molar-refractivity contribution is 7.99. The monoisotopic (exact) mass is 388 g/mol. The number of hydrogen-bond acceptors (Lipinski definition) is 6. The first-order valence-corrected chi connectivity index (χ1v) is 11.1. The first kappa shape index (κ1) is 18.5. The predicted molar refractivity (Wildman–Crippen MR) is 108 cm³/mol. The van der Waals surface area contributed by atoms with Gasteiger partial charge in [0.2, 0.25) is 5.91 Å². The standard InChI is InChI=1S/C19H28N6OS/c1-2-12-27-19-22-16(24-9-4-3-5-10-24)15-13-21-25(17(15)23-19)11-8-20-18(26)14-6-7-14/h13-14H,2-12H2,1H3,(H,20,26). The van der Waals surface area contributed by atoms with Crippen molar-refractivity contribution in [1.82, 2.24) is 25.1 Å². The molecule has 146 valence electrons. The summed E-state index contributed by atoms with van der Waals surface area (Å²) in [7, 11) is 0. The lowest BCUT2D eigenvalue weighted by molar-refractivity contribution is -0.122. The van der Waals surface area contributed by atoms with Gasteiger partial charge in [0.25, 0.3) is 0 Å². The van der Waals surface area contributed by atoms with Crippen LogP contribution in [0.5, 0.6) is 0 Å². The van der Waals surface area contributed by atoms with Crippen LogP contribution in [-0.2, 0) is 11.3 Å². The molecule has 0 aromatic carbocycles. The number of hydrogen-bond donors (Lipinski definition) is 1. The summed E-state index contributed by atoms with van der Waals surface area (Å²) in [4.78, 5) is 23.9. The van der Waals surface area contributed by atoms with Gasteiger partial charge < -0.3 is 10.2 Å². The smallest absolute Gasteiger partial charge is 0.223 e. The fourth-order valence-electron chi connectivity index (χ4n) is 3.46. The van der Waals surface area contributed by atoms with Crippen LogP contribution < -0.4 is 10.2 Å². The van der Waals surface area contributed by atoms with Crippen LogP contribution in [-0.4, -0.2) is 51.0 Å². The third kappa shape index (κ3) is 4.36. The highest BCUT2D eigenvalue weighted by Gasteiger charge is 2.29. The number of fused-ring (bicyclic) bond motifs is 1. The fraction of sp³-hybridized carbons (Fsp3) is 0.684. The number of aromatic nitrogens is 4. The van der Waals surface area contributed by atoms with E-state index in [-0.39, 0.29) is 11.8 Å². The van der Waals surface area contributed by atoms with Gasteiger partial charge in [0.15, 0.2) is 10.8 Å². The van der Waals surface area contributed by atoms with Gasteiger partial charge in [-0.1, -0.05) is 18.7 Å². The maximum Gasteiger partial charge on any atom is 0.223 e. The Kier molecular flexibility index (Phi) is 5.80. The molecule has 2 aliphatic rings. The summed E-state index contributed by atoms with van der Waals surface area (Å²) in [6.07, 6.45) is 8.76. The number of carbonyl (C=O) groups is 1. The molecule has 1 aliphatic heterocycles. The summed E-state index contributed by atoms with van der Waals surface area (Å²) in [5.74, 6) is 2.45. The molecule has 27 heavy (non-hydrogen) atoms. The van der Waals surface area contributed by atoms with Crippen molar-refractivity contribution in [2.75, 3.05) is 30.3 Å². The molecule has 4 rings (SSSR count). The lowest BCUT2D eigenvalue weighted by atomic mass is 10.1. The summed E-state index contributed by atoms with van der Waals surface area (Å²) in [6.45, 7) is 5.49. The molecule has 0 spiro atoms. The molecule has 0 atom stereocenters. The van der Waals surface area contributed by atoms with E-state index in [1.165, 1.54) is 19.3 Å². The molecule has 2 aromatic heterocycles. The van der Waals surface area contributed by atoms with Crippen LogP contribution in [0.3, 0.4) is 0 Å². The predicted octanol–water partition coefficient (Wildman–Crippen LogP) is 2.84. The van der Waals surface area contributed by atoms with E-state index in [0.29, 0.717) is 13.1 Å². The Morgan fingerprint density at radius 3 is 2.81 bits per heavy atom. The molecule has 3 heterocycles. The largest absolute Gasteiger partial charge is 0.356 e. The van der Waals surface area contributed by atoms with E-state index in [0.717, 1.165) is 60.1 Å². The maximum absolute atomic E-state index is 11.9. The van der Waals surface area contributed by atoms with E-state index < -0.39 is 0 Å². The highest BCUT2D eigenvalue weighted by Crippen LogP contribution is 2.30. The van der Waals surface area contributed by atoms with Gasteiger partial charge in [0, 0.05) is 31.3 Å².